The van der Waals surface area contributed by atoms with Crippen LogP contribution in [0.15, 0.2) is 53.0 Å². The SMILES string of the molecule is COc1ccc(CN(C(=O)CN(c2ccc(Br)cc2)S(C)(=O)=O)[C@@H](C)C(=O)NC(C)(C)C)cc1. The molecule has 0 radical (unpaired) electrons. The van der Waals surface area contributed by atoms with Gasteiger partial charge in [0.2, 0.25) is 21.8 Å². The van der Waals surface area contributed by atoms with Gasteiger partial charge < -0.3 is 15.0 Å². The van der Waals surface area contributed by atoms with Crippen LogP contribution < -0.4 is 14.4 Å². The summed E-state index contributed by atoms with van der Waals surface area (Å²) in [5.74, 6) is -0.164. The number of hydrogen-bond acceptors (Lipinski definition) is 5. The highest BCUT2D eigenvalue weighted by Gasteiger charge is 2.31. The van der Waals surface area contributed by atoms with Crippen LogP contribution in [-0.2, 0) is 26.2 Å². The van der Waals surface area contributed by atoms with Crippen LogP contribution in [0.5, 0.6) is 5.75 Å². The maximum atomic E-state index is 13.5. The van der Waals surface area contributed by atoms with Gasteiger partial charge in [0.25, 0.3) is 0 Å². The topological polar surface area (TPSA) is 96.0 Å². The first kappa shape index (κ1) is 27.7. The molecule has 0 unspecified atom stereocenters. The molecule has 2 amide bonds. The quantitative estimate of drug-likeness (QED) is 0.512. The van der Waals surface area contributed by atoms with Crippen molar-refractivity contribution in [1.82, 2.24) is 10.2 Å². The largest absolute Gasteiger partial charge is 0.497 e. The molecular weight excluding hydrogens is 522 g/mol. The van der Waals surface area contributed by atoms with Crippen molar-refractivity contribution in [2.75, 3.05) is 24.2 Å². The van der Waals surface area contributed by atoms with Crippen molar-refractivity contribution in [3.8, 4) is 5.75 Å². The Kier molecular flexibility index (Phi) is 9.13. The van der Waals surface area contributed by atoms with Crippen LogP contribution in [0.3, 0.4) is 0 Å². The normalized spacial score (nSPS) is 12.6. The first-order valence-electron chi connectivity index (χ1n) is 10.7. The second kappa shape index (κ2) is 11.2. The number of methoxy groups -OCH3 is 1. The lowest BCUT2D eigenvalue weighted by atomic mass is 10.1. The molecule has 1 N–H and O–H groups in total. The average Bonchev–Trinajstić information content (AvgIpc) is 2.74. The van der Waals surface area contributed by atoms with Gasteiger partial charge in [-0.2, -0.15) is 0 Å². The molecule has 1 atom stereocenters. The summed E-state index contributed by atoms with van der Waals surface area (Å²) in [5, 5.41) is 2.89. The molecule has 0 fully saturated rings. The van der Waals surface area contributed by atoms with Crippen molar-refractivity contribution in [3.05, 3.63) is 58.6 Å². The van der Waals surface area contributed by atoms with E-state index >= 15 is 0 Å². The monoisotopic (exact) mass is 553 g/mol. The van der Waals surface area contributed by atoms with E-state index in [2.05, 4.69) is 21.2 Å². The fourth-order valence-electron chi connectivity index (χ4n) is 3.21. The summed E-state index contributed by atoms with van der Waals surface area (Å²) in [6.07, 6.45) is 1.05. The number of carbonyl (C=O) groups is 2. The fraction of sp³-hybridized carbons (Fsp3) is 0.417. The highest BCUT2D eigenvalue weighted by molar-refractivity contribution is 9.10. The van der Waals surface area contributed by atoms with Gasteiger partial charge in [0.05, 0.1) is 19.1 Å². The van der Waals surface area contributed by atoms with Crippen molar-refractivity contribution in [1.29, 1.82) is 0 Å². The van der Waals surface area contributed by atoms with Gasteiger partial charge in [-0.3, -0.25) is 13.9 Å². The molecule has 34 heavy (non-hydrogen) atoms. The molecule has 10 heteroatoms. The van der Waals surface area contributed by atoms with E-state index in [4.69, 9.17) is 4.74 Å². The third kappa shape index (κ3) is 8.02. The molecule has 0 aliphatic carbocycles. The number of anilines is 1. The van der Waals surface area contributed by atoms with E-state index < -0.39 is 34.1 Å². The molecule has 0 aliphatic heterocycles. The number of nitrogens with zero attached hydrogens (tertiary/aromatic N) is 2. The molecule has 0 heterocycles. The molecule has 2 aromatic carbocycles. The first-order chi connectivity index (χ1) is 15.7. The van der Waals surface area contributed by atoms with Crippen LogP contribution in [0.2, 0.25) is 0 Å². The molecule has 186 valence electrons. The Labute approximate surface area is 210 Å². The minimum atomic E-state index is -3.76. The summed E-state index contributed by atoms with van der Waals surface area (Å²) in [5.41, 5.74) is 0.644. The zero-order chi connectivity index (χ0) is 25.7. The summed E-state index contributed by atoms with van der Waals surface area (Å²) in [4.78, 5) is 27.8. The van der Waals surface area contributed by atoms with Crippen molar-refractivity contribution in [2.45, 2.75) is 45.8 Å². The second-order valence-corrected chi connectivity index (χ2v) is 11.9. The van der Waals surface area contributed by atoms with Crippen LogP contribution >= 0.6 is 15.9 Å². The van der Waals surface area contributed by atoms with Gasteiger partial charge in [-0.25, -0.2) is 8.42 Å². The molecule has 8 nitrogen and oxygen atoms in total. The molecule has 0 spiro atoms. The second-order valence-electron chi connectivity index (χ2n) is 9.03. The third-order valence-corrected chi connectivity index (χ3v) is 6.64. The zero-order valence-electron chi connectivity index (χ0n) is 20.3. The standard InChI is InChI=1S/C24H32BrN3O5S/c1-17(23(30)26-24(2,3)4)27(15-18-7-13-21(33-5)14-8-18)22(29)16-28(34(6,31)32)20-11-9-19(25)10-12-20/h7-14,17H,15-16H2,1-6H3,(H,26,30)/t17-/m0/s1. The molecule has 0 aromatic heterocycles. The number of amides is 2. The van der Waals surface area contributed by atoms with E-state index in [9.17, 15) is 18.0 Å². The minimum absolute atomic E-state index is 0.125. The molecule has 0 saturated heterocycles. The van der Waals surface area contributed by atoms with Crippen molar-refractivity contribution < 1.29 is 22.7 Å². The third-order valence-electron chi connectivity index (χ3n) is 4.97. The van der Waals surface area contributed by atoms with E-state index in [1.54, 1.807) is 62.6 Å². The van der Waals surface area contributed by atoms with Gasteiger partial charge in [0.15, 0.2) is 0 Å². The number of carbonyl (C=O) groups excluding carboxylic acids is 2. The summed E-state index contributed by atoms with van der Waals surface area (Å²) >= 11 is 3.33. The molecule has 0 saturated carbocycles. The number of sulfonamides is 1. The van der Waals surface area contributed by atoms with Gasteiger partial charge in [-0.05, 0) is 69.7 Å². The molecular formula is C24H32BrN3O5S. The Balaban J connectivity index is 2.38. The first-order valence-corrected chi connectivity index (χ1v) is 13.3. The van der Waals surface area contributed by atoms with Crippen molar-refractivity contribution in [3.63, 3.8) is 0 Å². The van der Waals surface area contributed by atoms with Gasteiger partial charge >= 0.3 is 0 Å². The Morgan fingerprint density at radius 3 is 2.09 bits per heavy atom. The summed E-state index contributed by atoms with van der Waals surface area (Å²) in [7, 11) is -2.20. The minimum Gasteiger partial charge on any atom is -0.497 e. The van der Waals surface area contributed by atoms with Gasteiger partial charge in [-0.1, -0.05) is 28.1 Å². The highest BCUT2D eigenvalue weighted by atomic mass is 79.9. The maximum absolute atomic E-state index is 13.5. The Morgan fingerprint density at radius 1 is 1.06 bits per heavy atom. The van der Waals surface area contributed by atoms with Gasteiger partial charge in [0.1, 0.15) is 18.3 Å². The Bertz CT molecular complexity index is 1100. The number of hydrogen-bond donors (Lipinski definition) is 1. The molecule has 2 aromatic rings. The molecule has 0 bridgehead atoms. The predicted molar refractivity (Wildman–Crippen MR) is 137 cm³/mol. The van der Waals surface area contributed by atoms with Crippen molar-refractivity contribution >= 4 is 43.5 Å². The van der Waals surface area contributed by atoms with Crippen LogP contribution in [0.25, 0.3) is 0 Å². The summed E-state index contributed by atoms with van der Waals surface area (Å²) in [6, 6.07) is 12.9. The van der Waals surface area contributed by atoms with E-state index in [1.807, 2.05) is 20.8 Å². The summed E-state index contributed by atoms with van der Waals surface area (Å²) in [6.45, 7) is 6.88. The van der Waals surface area contributed by atoms with E-state index in [0.29, 0.717) is 11.4 Å². The van der Waals surface area contributed by atoms with E-state index in [0.717, 1.165) is 20.6 Å². The lowest BCUT2D eigenvalue weighted by molar-refractivity contribution is -0.140. The highest BCUT2D eigenvalue weighted by Crippen LogP contribution is 2.22. The average molecular weight is 555 g/mol. The Hall–Kier alpha value is -2.59. The number of ether oxygens (including phenoxy) is 1. The van der Waals surface area contributed by atoms with Crippen molar-refractivity contribution in [2.24, 2.45) is 0 Å². The van der Waals surface area contributed by atoms with Crippen LogP contribution in [0, 0.1) is 0 Å². The smallest absolute Gasteiger partial charge is 0.244 e. The number of halogens is 1. The lowest BCUT2D eigenvalue weighted by Gasteiger charge is -2.33. The van der Waals surface area contributed by atoms with E-state index in [1.165, 1.54) is 4.90 Å². The lowest BCUT2D eigenvalue weighted by Crippen LogP contribution is -2.54. The zero-order valence-corrected chi connectivity index (χ0v) is 22.7. The Morgan fingerprint density at radius 2 is 1.62 bits per heavy atom. The summed E-state index contributed by atoms with van der Waals surface area (Å²) < 4.78 is 32.1. The fourth-order valence-corrected chi connectivity index (χ4v) is 4.32. The number of benzene rings is 2. The number of nitrogens with one attached hydrogen (secondary N) is 1. The predicted octanol–water partition coefficient (Wildman–Crippen LogP) is 3.56. The number of rotatable bonds is 9. The van der Waals surface area contributed by atoms with Crippen LogP contribution in [0.1, 0.15) is 33.3 Å². The maximum Gasteiger partial charge on any atom is 0.244 e. The van der Waals surface area contributed by atoms with Crippen LogP contribution in [0.4, 0.5) is 5.69 Å². The molecule has 2 rings (SSSR count). The molecule has 0 aliphatic rings. The van der Waals surface area contributed by atoms with Gasteiger partial charge in [-0.15, -0.1) is 0 Å². The van der Waals surface area contributed by atoms with Gasteiger partial charge in [0, 0.05) is 16.6 Å². The van der Waals surface area contributed by atoms with E-state index in [-0.39, 0.29) is 12.5 Å². The van der Waals surface area contributed by atoms with Crippen LogP contribution in [-0.4, -0.2) is 56.6 Å².